The van der Waals surface area contributed by atoms with Crippen molar-refractivity contribution in [1.82, 2.24) is 19.4 Å². The Hall–Kier alpha value is -3.60. The molecule has 0 radical (unpaired) electrons. The highest BCUT2D eigenvalue weighted by molar-refractivity contribution is 5.91. The predicted molar refractivity (Wildman–Crippen MR) is 124 cm³/mol. The van der Waals surface area contributed by atoms with Crippen molar-refractivity contribution < 1.29 is 9.18 Å². The number of hydrogen-bond donors (Lipinski definition) is 1. The van der Waals surface area contributed by atoms with Crippen LogP contribution in [0.5, 0.6) is 0 Å². The van der Waals surface area contributed by atoms with E-state index in [-0.39, 0.29) is 11.6 Å². The summed E-state index contributed by atoms with van der Waals surface area (Å²) in [6.45, 7) is 0. The first kappa shape index (κ1) is 22.6. The molecule has 5 rings (SSSR count). The number of nitriles is 1. The van der Waals surface area contributed by atoms with Crippen LogP contribution in [0.4, 0.5) is 10.2 Å². The lowest BCUT2D eigenvalue weighted by molar-refractivity contribution is -0.121. The third kappa shape index (κ3) is 5.25. The van der Waals surface area contributed by atoms with Crippen molar-refractivity contribution in [3.63, 3.8) is 0 Å². The van der Waals surface area contributed by atoms with Crippen molar-refractivity contribution in [3.05, 3.63) is 54.3 Å². The number of ketones is 1. The third-order valence-corrected chi connectivity index (χ3v) is 6.13. The predicted octanol–water partition coefficient (Wildman–Crippen LogP) is 5.11. The quantitative estimate of drug-likeness (QED) is 0.547. The number of fused-ring (bicyclic) bond motifs is 1. The number of hydrogen-bond acceptors (Lipinski definition) is 6. The molecule has 7 nitrogen and oxygen atoms in total. The number of imidazole rings is 1. The SMILES string of the molecule is CNc1ccnc(-c2cnc3ccc(F)cn23)n1.N#CC1(C(=O)CC2=CCCCCC2)CC1. The van der Waals surface area contributed by atoms with E-state index in [4.69, 9.17) is 5.26 Å². The molecule has 33 heavy (non-hydrogen) atoms. The number of carbonyl (C=O) groups is 1. The molecule has 0 amide bonds. The van der Waals surface area contributed by atoms with Gasteiger partial charge >= 0.3 is 0 Å². The Balaban J connectivity index is 0.000000160. The van der Waals surface area contributed by atoms with Crippen LogP contribution in [0.25, 0.3) is 17.2 Å². The molecule has 0 bridgehead atoms. The Morgan fingerprint density at radius 3 is 2.85 bits per heavy atom. The average molecular weight is 447 g/mol. The monoisotopic (exact) mass is 446 g/mol. The number of rotatable bonds is 5. The number of nitrogens with zero attached hydrogens (tertiary/aromatic N) is 5. The molecule has 0 aliphatic heterocycles. The van der Waals surface area contributed by atoms with Gasteiger partial charge in [-0.25, -0.2) is 19.3 Å². The number of aromatic nitrogens is 4. The maximum absolute atomic E-state index is 13.3. The zero-order chi connectivity index (χ0) is 23.3. The van der Waals surface area contributed by atoms with Gasteiger partial charge in [-0.1, -0.05) is 18.1 Å². The Kier molecular flexibility index (Phi) is 6.78. The molecule has 170 valence electrons. The second-order valence-electron chi connectivity index (χ2n) is 8.49. The lowest BCUT2D eigenvalue weighted by Gasteiger charge is -2.07. The summed E-state index contributed by atoms with van der Waals surface area (Å²) < 4.78 is 14.9. The normalized spacial score (nSPS) is 16.6. The third-order valence-electron chi connectivity index (χ3n) is 6.13. The molecule has 1 saturated carbocycles. The average Bonchev–Trinajstić information content (AvgIpc) is 3.59. The zero-order valence-corrected chi connectivity index (χ0v) is 18.7. The lowest BCUT2D eigenvalue weighted by atomic mass is 9.94. The van der Waals surface area contributed by atoms with Crippen molar-refractivity contribution in [2.45, 2.75) is 51.4 Å². The lowest BCUT2D eigenvalue weighted by Crippen LogP contribution is -2.14. The van der Waals surface area contributed by atoms with E-state index in [9.17, 15) is 9.18 Å². The fourth-order valence-electron chi connectivity index (χ4n) is 3.94. The summed E-state index contributed by atoms with van der Waals surface area (Å²) >= 11 is 0. The topological polar surface area (TPSA) is 96.0 Å². The molecule has 3 heterocycles. The number of allylic oxidation sites excluding steroid dienone is 2. The smallest absolute Gasteiger partial charge is 0.180 e. The largest absolute Gasteiger partial charge is 0.373 e. The summed E-state index contributed by atoms with van der Waals surface area (Å²) in [4.78, 5) is 24.5. The zero-order valence-electron chi connectivity index (χ0n) is 18.7. The van der Waals surface area contributed by atoms with Crippen LogP contribution in [0.15, 0.2) is 48.4 Å². The molecule has 1 N–H and O–H groups in total. The number of anilines is 1. The standard InChI is InChI=1S/C13H17NO.C12H10FN5/c14-10-13(7-8-13)12(15)9-11-5-3-1-2-4-6-11;1-14-10-4-5-15-12(17-10)9-6-16-11-3-2-8(13)7-18(9)11/h5H,1-4,6-9H2;2-7H,1H3,(H,14,15,17). The van der Waals surface area contributed by atoms with E-state index < -0.39 is 5.41 Å². The summed E-state index contributed by atoms with van der Waals surface area (Å²) in [6.07, 6.45) is 14.9. The van der Waals surface area contributed by atoms with E-state index in [0.717, 1.165) is 25.7 Å². The minimum Gasteiger partial charge on any atom is -0.373 e. The van der Waals surface area contributed by atoms with Crippen LogP contribution in [-0.2, 0) is 4.79 Å². The van der Waals surface area contributed by atoms with Crippen LogP contribution in [0.3, 0.4) is 0 Å². The van der Waals surface area contributed by atoms with E-state index in [0.29, 0.717) is 29.4 Å². The van der Waals surface area contributed by atoms with Crippen LogP contribution >= 0.6 is 0 Å². The van der Waals surface area contributed by atoms with Gasteiger partial charge < -0.3 is 5.32 Å². The van der Waals surface area contributed by atoms with E-state index in [1.165, 1.54) is 37.1 Å². The summed E-state index contributed by atoms with van der Waals surface area (Å²) in [7, 11) is 1.78. The van der Waals surface area contributed by atoms with Gasteiger partial charge in [-0.3, -0.25) is 9.20 Å². The van der Waals surface area contributed by atoms with Crippen molar-refractivity contribution in [2.75, 3.05) is 12.4 Å². The van der Waals surface area contributed by atoms with Gasteiger partial charge in [-0.2, -0.15) is 5.26 Å². The summed E-state index contributed by atoms with van der Waals surface area (Å²) in [6, 6.07) is 6.92. The van der Waals surface area contributed by atoms with Gasteiger partial charge in [0, 0.05) is 25.9 Å². The van der Waals surface area contributed by atoms with Gasteiger partial charge in [0.2, 0.25) is 0 Å². The first-order valence-corrected chi connectivity index (χ1v) is 11.3. The first-order valence-electron chi connectivity index (χ1n) is 11.3. The van der Waals surface area contributed by atoms with Crippen molar-refractivity contribution in [2.24, 2.45) is 5.41 Å². The summed E-state index contributed by atoms with van der Waals surface area (Å²) in [5.41, 5.74) is 2.01. The molecule has 0 aromatic carbocycles. The fourth-order valence-corrected chi connectivity index (χ4v) is 3.94. The molecule has 0 saturated heterocycles. The second kappa shape index (κ2) is 9.90. The summed E-state index contributed by atoms with van der Waals surface area (Å²) in [5, 5.41) is 11.9. The Morgan fingerprint density at radius 2 is 2.09 bits per heavy atom. The molecule has 3 aromatic heterocycles. The maximum atomic E-state index is 13.3. The van der Waals surface area contributed by atoms with Crippen LogP contribution in [-0.4, -0.2) is 32.2 Å². The van der Waals surface area contributed by atoms with Crippen molar-refractivity contribution in [1.29, 1.82) is 5.26 Å². The number of nitrogens with one attached hydrogen (secondary N) is 1. The van der Waals surface area contributed by atoms with Gasteiger partial charge in [-0.05, 0) is 56.7 Å². The Morgan fingerprint density at radius 1 is 1.24 bits per heavy atom. The molecule has 3 aromatic rings. The fraction of sp³-hybridized carbons (Fsp3) is 0.400. The molecule has 1 fully saturated rings. The van der Waals surface area contributed by atoms with E-state index in [2.05, 4.69) is 32.4 Å². The van der Waals surface area contributed by atoms with E-state index >= 15 is 0 Å². The highest BCUT2D eigenvalue weighted by Crippen LogP contribution is 2.47. The van der Waals surface area contributed by atoms with Crippen LogP contribution in [0, 0.1) is 22.6 Å². The van der Waals surface area contributed by atoms with Crippen LogP contribution in [0.1, 0.15) is 51.4 Å². The molecule has 0 spiro atoms. The molecular formula is C25H27FN6O. The Labute approximate surface area is 192 Å². The van der Waals surface area contributed by atoms with Gasteiger partial charge in [0.25, 0.3) is 0 Å². The number of carbonyl (C=O) groups excluding carboxylic acids is 1. The number of Topliss-reactive ketones (excluding diaryl/α,β-unsaturated/α-hetero) is 1. The maximum Gasteiger partial charge on any atom is 0.180 e. The molecule has 0 unspecified atom stereocenters. The highest BCUT2D eigenvalue weighted by atomic mass is 19.1. The van der Waals surface area contributed by atoms with Crippen molar-refractivity contribution >= 4 is 17.2 Å². The molecule has 2 aliphatic rings. The molecule has 0 atom stereocenters. The first-order chi connectivity index (χ1) is 16.0. The van der Waals surface area contributed by atoms with Crippen molar-refractivity contribution in [3.8, 4) is 17.6 Å². The van der Waals surface area contributed by atoms with Crippen LogP contribution < -0.4 is 5.32 Å². The number of pyridine rings is 1. The summed E-state index contributed by atoms with van der Waals surface area (Å²) in [5.74, 6) is 1.04. The highest BCUT2D eigenvalue weighted by Gasteiger charge is 2.49. The van der Waals surface area contributed by atoms with E-state index in [1.54, 1.807) is 36.0 Å². The number of halogens is 1. The van der Waals surface area contributed by atoms with Gasteiger partial charge in [0.05, 0.1) is 12.3 Å². The van der Waals surface area contributed by atoms with E-state index in [1.807, 2.05) is 0 Å². The minimum atomic E-state index is -0.576. The molecular weight excluding hydrogens is 419 g/mol. The second-order valence-corrected chi connectivity index (χ2v) is 8.49. The minimum absolute atomic E-state index is 0.165. The van der Waals surface area contributed by atoms with Gasteiger partial charge in [0.1, 0.15) is 28.4 Å². The molecule has 2 aliphatic carbocycles. The Bertz CT molecular complexity index is 1220. The van der Waals surface area contributed by atoms with Crippen LogP contribution in [0.2, 0.25) is 0 Å². The molecule has 8 heteroatoms. The van der Waals surface area contributed by atoms with Gasteiger partial charge in [0.15, 0.2) is 11.6 Å². The van der Waals surface area contributed by atoms with Gasteiger partial charge in [-0.15, -0.1) is 0 Å².